The fourth-order valence-electron chi connectivity index (χ4n) is 3.53. The van der Waals surface area contributed by atoms with Crippen LogP contribution < -0.4 is 5.32 Å². The summed E-state index contributed by atoms with van der Waals surface area (Å²) in [4.78, 5) is 32.9. The van der Waals surface area contributed by atoms with Crippen LogP contribution in [0.15, 0.2) is 42.6 Å². The molecule has 152 valence electrons. The van der Waals surface area contributed by atoms with E-state index in [4.69, 9.17) is 9.72 Å². The summed E-state index contributed by atoms with van der Waals surface area (Å²) in [5, 5.41) is 8.38. The SMILES string of the molecule is COC(=O)c1ccnc(NC(=O)CCc2c(C)nc3c4ccccc4nn3c2C)c1. The minimum absolute atomic E-state index is 0.200. The molecular formula is C22H21N5O3. The molecule has 0 saturated heterocycles. The number of hydrogen-bond acceptors (Lipinski definition) is 6. The molecule has 0 aliphatic carbocycles. The van der Waals surface area contributed by atoms with Crippen molar-refractivity contribution in [1.29, 1.82) is 0 Å². The van der Waals surface area contributed by atoms with Gasteiger partial charge in [0.2, 0.25) is 5.91 Å². The summed E-state index contributed by atoms with van der Waals surface area (Å²) in [5.41, 5.74) is 4.87. The molecular weight excluding hydrogens is 382 g/mol. The number of carbonyl (C=O) groups excluding carboxylic acids is 2. The van der Waals surface area contributed by atoms with E-state index in [1.54, 1.807) is 0 Å². The van der Waals surface area contributed by atoms with Crippen molar-refractivity contribution in [2.45, 2.75) is 26.7 Å². The highest BCUT2D eigenvalue weighted by Crippen LogP contribution is 2.23. The van der Waals surface area contributed by atoms with Crippen molar-refractivity contribution in [2.75, 3.05) is 12.4 Å². The number of carbonyl (C=O) groups is 2. The summed E-state index contributed by atoms with van der Waals surface area (Å²) in [6, 6.07) is 10.9. The molecule has 0 unspecified atom stereocenters. The highest BCUT2D eigenvalue weighted by molar-refractivity contribution is 5.94. The zero-order chi connectivity index (χ0) is 21.3. The van der Waals surface area contributed by atoms with E-state index < -0.39 is 5.97 Å². The molecule has 0 aliphatic rings. The fourth-order valence-corrected chi connectivity index (χ4v) is 3.53. The van der Waals surface area contributed by atoms with Crippen LogP contribution in [0.25, 0.3) is 16.6 Å². The number of methoxy groups -OCH3 is 1. The molecule has 3 heterocycles. The van der Waals surface area contributed by atoms with Gasteiger partial charge in [0.15, 0.2) is 5.65 Å². The van der Waals surface area contributed by atoms with Gasteiger partial charge in [-0.1, -0.05) is 12.1 Å². The van der Waals surface area contributed by atoms with Crippen LogP contribution >= 0.6 is 0 Å². The van der Waals surface area contributed by atoms with Crippen LogP contribution in [0.2, 0.25) is 0 Å². The number of benzene rings is 1. The number of nitrogens with zero attached hydrogens (tertiary/aromatic N) is 4. The molecule has 1 amide bonds. The third-order valence-corrected chi connectivity index (χ3v) is 5.07. The Labute approximate surface area is 172 Å². The Bertz CT molecular complexity index is 1280. The minimum Gasteiger partial charge on any atom is -0.465 e. The summed E-state index contributed by atoms with van der Waals surface area (Å²) in [6.07, 6.45) is 2.22. The standard InChI is InChI=1S/C22H21N5O3/c1-13-16(14(2)27-21(24-13)17-6-4-5-7-18(17)26-27)8-9-20(28)25-19-12-15(10-11-23-19)22(29)30-3/h4-7,10-12H,8-9H2,1-3H3,(H,23,25,28). The molecule has 0 bridgehead atoms. The van der Waals surface area contributed by atoms with E-state index in [2.05, 4.69) is 15.4 Å². The van der Waals surface area contributed by atoms with Crippen molar-refractivity contribution in [3.8, 4) is 0 Å². The number of anilines is 1. The molecule has 0 spiro atoms. The molecule has 3 aromatic heterocycles. The van der Waals surface area contributed by atoms with E-state index in [0.29, 0.717) is 17.8 Å². The van der Waals surface area contributed by atoms with Crippen LogP contribution in [0.3, 0.4) is 0 Å². The van der Waals surface area contributed by atoms with Gasteiger partial charge < -0.3 is 10.1 Å². The molecule has 0 atom stereocenters. The lowest BCUT2D eigenvalue weighted by molar-refractivity contribution is -0.116. The van der Waals surface area contributed by atoms with E-state index in [1.807, 2.05) is 42.6 Å². The van der Waals surface area contributed by atoms with Gasteiger partial charge in [0.1, 0.15) is 5.82 Å². The zero-order valence-electron chi connectivity index (χ0n) is 17.0. The average Bonchev–Trinajstić information content (AvgIpc) is 3.12. The van der Waals surface area contributed by atoms with E-state index in [1.165, 1.54) is 25.4 Å². The third kappa shape index (κ3) is 3.59. The van der Waals surface area contributed by atoms with Crippen LogP contribution in [0.1, 0.15) is 33.7 Å². The number of hydrogen-bond donors (Lipinski definition) is 1. The van der Waals surface area contributed by atoms with E-state index in [9.17, 15) is 9.59 Å². The van der Waals surface area contributed by atoms with Gasteiger partial charge in [-0.2, -0.15) is 5.10 Å². The van der Waals surface area contributed by atoms with Crippen molar-refractivity contribution < 1.29 is 14.3 Å². The number of rotatable bonds is 5. The van der Waals surface area contributed by atoms with E-state index in [0.717, 1.165) is 33.5 Å². The fraction of sp³-hybridized carbons (Fsp3) is 0.227. The Kier molecular flexibility index (Phi) is 5.14. The molecule has 30 heavy (non-hydrogen) atoms. The zero-order valence-corrected chi connectivity index (χ0v) is 17.0. The average molecular weight is 403 g/mol. The molecule has 0 radical (unpaired) electrons. The van der Waals surface area contributed by atoms with Crippen molar-refractivity contribution in [2.24, 2.45) is 0 Å². The predicted octanol–water partition coefficient (Wildman–Crippen LogP) is 3.25. The first-order valence-corrected chi connectivity index (χ1v) is 9.55. The first-order chi connectivity index (χ1) is 14.5. The van der Waals surface area contributed by atoms with Gasteiger partial charge in [0, 0.05) is 29.4 Å². The lowest BCUT2D eigenvalue weighted by atomic mass is 10.1. The molecule has 8 nitrogen and oxygen atoms in total. The summed E-state index contributed by atoms with van der Waals surface area (Å²) in [5.74, 6) is -0.373. The summed E-state index contributed by atoms with van der Waals surface area (Å²) in [7, 11) is 1.30. The topological polar surface area (TPSA) is 98.5 Å². The first kappa shape index (κ1) is 19.5. The molecule has 8 heteroatoms. The Hall–Kier alpha value is -3.81. The smallest absolute Gasteiger partial charge is 0.338 e. The number of esters is 1. The van der Waals surface area contributed by atoms with E-state index >= 15 is 0 Å². The van der Waals surface area contributed by atoms with Crippen LogP contribution in [0.5, 0.6) is 0 Å². The molecule has 0 fully saturated rings. The maximum absolute atomic E-state index is 12.5. The second-order valence-corrected chi connectivity index (χ2v) is 6.98. The maximum atomic E-state index is 12.5. The van der Waals surface area contributed by atoms with Crippen molar-refractivity contribution in [3.05, 3.63) is 65.1 Å². The minimum atomic E-state index is -0.481. The van der Waals surface area contributed by atoms with Crippen molar-refractivity contribution >= 4 is 34.2 Å². The predicted molar refractivity (Wildman–Crippen MR) is 112 cm³/mol. The number of fused-ring (bicyclic) bond motifs is 3. The molecule has 4 rings (SSSR count). The lowest BCUT2D eigenvalue weighted by Gasteiger charge is -2.11. The highest BCUT2D eigenvalue weighted by atomic mass is 16.5. The van der Waals surface area contributed by atoms with Gasteiger partial charge in [-0.25, -0.2) is 19.3 Å². The van der Waals surface area contributed by atoms with Crippen molar-refractivity contribution in [3.63, 3.8) is 0 Å². The summed E-state index contributed by atoms with van der Waals surface area (Å²) >= 11 is 0. The van der Waals surface area contributed by atoms with Gasteiger partial charge in [0.05, 0.1) is 18.2 Å². The second kappa shape index (κ2) is 7.90. The second-order valence-electron chi connectivity index (χ2n) is 6.98. The van der Waals surface area contributed by atoms with E-state index in [-0.39, 0.29) is 12.3 Å². The normalized spacial score (nSPS) is 11.0. The van der Waals surface area contributed by atoms with Gasteiger partial charge >= 0.3 is 5.97 Å². The van der Waals surface area contributed by atoms with Crippen LogP contribution in [0.4, 0.5) is 5.82 Å². The molecule has 1 aromatic carbocycles. The third-order valence-electron chi connectivity index (χ3n) is 5.07. The van der Waals surface area contributed by atoms with Gasteiger partial charge in [0.25, 0.3) is 0 Å². The number of pyridine rings is 1. The quantitative estimate of drug-likeness (QED) is 0.514. The molecule has 1 N–H and O–H groups in total. The highest BCUT2D eigenvalue weighted by Gasteiger charge is 2.15. The van der Waals surface area contributed by atoms with Crippen LogP contribution in [-0.2, 0) is 16.0 Å². The lowest BCUT2D eigenvalue weighted by Crippen LogP contribution is -2.15. The number of aryl methyl sites for hydroxylation is 2. The summed E-state index contributed by atoms with van der Waals surface area (Å²) < 4.78 is 6.53. The molecule has 0 saturated carbocycles. The Morgan fingerprint density at radius 3 is 2.77 bits per heavy atom. The Morgan fingerprint density at radius 1 is 1.17 bits per heavy atom. The van der Waals surface area contributed by atoms with Crippen molar-refractivity contribution in [1.82, 2.24) is 19.6 Å². The van der Waals surface area contributed by atoms with Gasteiger partial charge in [-0.3, -0.25) is 4.79 Å². The number of amides is 1. The first-order valence-electron chi connectivity index (χ1n) is 9.55. The van der Waals surface area contributed by atoms with Gasteiger partial charge in [-0.05, 0) is 50.1 Å². The molecule has 4 aromatic rings. The van der Waals surface area contributed by atoms with Gasteiger partial charge in [-0.15, -0.1) is 0 Å². The summed E-state index contributed by atoms with van der Waals surface area (Å²) in [6.45, 7) is 3.94. The Morgan fingerprint density at radius 2 is 1.97 bits per heavy atom. The number of ether oxygens (including phenoxy) is 1. The number of nitrogens with one attached hydrogen (secondary N) is 1. The number of aromatic nitrogens is 4. The largest absolute Gasteiger partial charge is 0.465 e. The maximum Gasteiger partial charge on any atom is 0.338 e. The van der Waals surface area contributed by atoms with Crippen LogP contribution in [-0.4, -0.2) is 38.6 Å². The monoisotopic (exact) mass is 403 g/mol. The Balaban J connectivity index is 1.53. The molecule has 0 aliphatic heterocycles. The van der Waals surface area contributed by atoms with Crippen LogP contribution in [0, 0.1) is 13.8 Å².